The summed E-state index contributed by atoms with van der Waals surface area (Å²) >= 11 is 6.11. The van der Waals surface area contributed by atoms with Crippen LogP contribution in [0.3, 0.4) is 0 Å². The van der Waals surface area contributed by atoms with Crippen molar-refractivity contribution in [3.63, 3.8) is 0 Å². The van der Waals surface area contributed by atoms with E-state index in [9.17, 15) is 22.4 Å². The predicted octanol–water partition coefficient (Wildman–Crippen LogP) is 4.81. The minimum atomic E-state index is -4.43. The van der Waals surface area contributed by atoms with Gasteiger partial charge in [-0.05, 0) is 36.2 Å². The molecule has 0 aliphatic carbocycles. The van der Waals surface area contributed by atoms with Crippen molar-refractivity contribution in [3.05, 3.63) is 86.0 Å². The quantitative estimate of drug-likeness (QED) is 0.598. The number of hydrogen-bond acceptors (Lipinski definition) is 3. The van der Waals surface area contributed by atoms with Crippen molar-refractivity contribution in [1.29, 1.82) is 0 Å². The van der Waals surface area contributed by atoms with Crippen molar-refractivity contribution < 1.29 is 17.6 Å². The molecule has 0 fully saturated rings. The van der Waals surface area contributed by atoms with Crippen molar-refractivity contribution in [2.75, 3.05) is 6.54 Å². The van der Waals surface area contributed by atoms with Gasteiger partial charge >= 0.3 is 6.18 Å². The lowest BCUT2D eigenvalue weighted by Gasteiger charge is -2.28. The van der Waals surface area contributed by atoms with E-state index in [0.29, 0.717) is 47.9 Å². The standard InChI is InChI=1S/C21H16ClF4N3O/c22-17-9-15(23)6-3-13(17)10-29-8-7-16-18(11-29)27-19(28-20(16)30)12-1-4-14(5-2-12)21(24,25)26/h1-6,9H,7-8,10-11H2,(H,27,28,30). The van der Waals surface area contributed by atoms with Crippen LogP contribution in [0.4, 0.5) is 17.6 Å². The van der Waals surface area contributed by atoms with E-state index in [1.165, 1.54) is 24.3 Å². The Balaban J connectivity index is 1.59. The van der Waals surface area contributed by atoms with Crippen LogP contribution in [0.25, 0.3) is 11.4 Å². The number of fused-ring (bicyclic) bond motifs is 1. The predicted molar refractivity (Wildman–Crippen MR) is 105 cm³/mol. The molecule has 0 saturated carbocycles. The van der Waals surface area contributed by atoms with Crippen molar-refractivity contribution in [1.82, 2.24) is 14.9 Å². The third-order valence-corrected chi connectivity index (χ3v) is 5.40. The van der Waals surface area contributed by atoms with E-state index < -0.39 is 17.6 Å². The molecular weight excluding hydrogens is 422 g/mol. The van der Waals surface area contributed by atoms with Gasteiger partial charge in [0.15, 0.2) is 0 Å². The van der Waals surface area contributed by atoms with Crippen LogP contribution < -0.4 is 5.56 Å². The molecule has 1 N–H and O–H groups in total. The summed E-state index contributed by atoms with van der Waals surface area (Å²) in [7, 11) is 0. The van der Waals surface area contributed by atoms with E-state index in [4.69, 9.17) is 11.6 Å². The highest BCUT2D eigenvalue weighted by atomic mass is 35.5. The fraction of sp³-hybridized carbons (Fsp3) is 0.238. The van der Waals surface area contributed by atoms with Crippen molar-refractivity contribution in [2.24, 2.45) is 0 Å². The number of H-pyrrole nitrogens is 1. The molecule has 4 rings (SSSR count). The molecule has 1 aliphatic rings. The van der Waals surface area contributed by atoms with Crippen LogP contribution in [0, 0.1) is 5.82 Å². The highest BCUT2D eigenvalue weighted by Crippen LogP contribution is 2.30. The van der Waals surface area contributed by atoms with Gasteiger partial charge in [0.05, 0.1) is 11.3 Å². The molecule has 0 amide bonds. The number of benzene rings is 2. The van der Waals surface area contributed by atoms with Gasteiger partial charge < -0.3 is 4.98 Å². The zero-order chi connectivity index (χ0) is 21.5. The van der Waals surface area contributed by atoms with E-state index in [-0.39, 0.29) is 11.4 Å². The second-order valence-electron chi connectivity index (χ2n) is 7.11. The summed E-state index contributed by atoms with van der Waals surface area (Å²) in [6.07, 6.45) is -3.96. The summed E-state index contributed by atoms with van der Waals surface area (Å²) in [5.74, 6) is -0.198. The smallest absolute Gasteiger partial charge is 0.306 e. The molecule has 0 saturated heterocycles. The van der Waals surface area contributed by atoms with Crippen LogP contribution in [-0.2, 0) is 25.7 Å². The molecule has 0 unspecified atom stereocenters. The Morgan fingerprint density at radius 1 is 1.13 bits per heavy atom. The number of nitrogens with one attached hydrogen (secondary N) is 1. The molecule has 0 radical (unpaired) electrons. The molecule has 0 bridgehead atoms. The van der Waals surface area contributed by atoms with Crippen LogP contribution in [0.15, 0.2) is 47.3 Å². The number of rotatable bonds is 3. The lowest BCUT2D eigenvalue weighted by atomic mass is 10.0. The van der Waals surface area contributed by atoms with Gasteiger partial charge in [0.25, 0.3) is 5.56 Å². The van der Waals surface area contributed by atoms with Gasteiger partial charge in [0.1, 0.15) is 11.6 Å². The largest absolute Gasteiger partial charge is 0.416 e. The first kappa shape index (κ1) is 20.6. The highest BCUT2D eigenvalue weighted by molar-refractivity contribution is 6.31. The fourth-order valence-electron chi connectivity index (χ4n) is 3.47. The van der Waals surface area contributed by atoms with Gasteiger partial charge in [-0.15, -0.1) is 0 Å². The number of aromatic amines is 1. The molecule has 4 nitrogen and oxygen atoms in total. The molecule has 1 aromatic heterocycles. The second kappa shape index (κ2) is 7.85. The van der Waals surface area contributed by atoms with Crippen LogP contribution in [0.5, 0.6) is 0 Å². The van der Waals surface area contributed by atoms with Gasteiger partial charge in [-0.2, -0.15) is 13.2 Å². The zero-order valence-corrected chi connectivity index (χ0v) is 16.3. The van der Waals surface area contributed by atoms with Crippen molar-refractivity contribution in [2.45, 2.75) is 25.7 Å². The summed E-state index contributed by atoms with van der Waals surface area (Å²) in [5, 5.41) is 0.324. The van der Waals surface area contributed by atoms with E-state index in [1.807, 2.05) is 4.90 Å². The Kier molecular flexibility index (Phi) is 5.38. The maximum absolute atomic E-state index is 13.3. The average molecular weight is 438 g/mol. The first-order valence-electron chi connectivity index (χ1n) is 9.16. The first-order valence-corrected chi connectivity index (χ1v) is 9.54. The van der Waals surface area contributed by atoms with E-state index in [0.717, 1.165) is 17.7 Å². The summed E-state index contributed by atoms with van der Waals surface area (Å²) in [6.45, 7) is 1.44. The molecule has 9 heteroatoms. The Morgan fingerprint density at radius 3 is 2.53 bits per heavy atom. The lowest BCUT2D eigenvalue weighted by Crippen LogP contribution is -2.35. The Hall–Kier alpha value is -2.71. The van der Waals surface area contributed by atoms with Crippen LogP contribution >= 0.6 is 11.6 Å². The van der Waals surface area contributed by atoms with Gasteiger partial charge in [-0.25, -0.2) is 9.37 Å². The molecule has 2 aromatic carbocycles. The van der Waals surface area contributed by atoms with E-state index in [2.05, 4.69) is 9.97 Å². The Bertz CT molecular complexity index is 1140. The minimum absolute atomic E-state index is 0.217. The van der Waals surface area contributed by atoms with Gasteiger partial charge in [0, 0.05) is 35.8 Å². The minimum Gasteiger partial charge on any atom is -0.306 e. The van der Waals surface area contributed by atoms with Crippen molar-refractivity contribution >= 4 is 11.6 Å². The Labute approximate surface area is 174 Å². The summed E-state index contributed by atoms with van der Waals surface area (Å²) in [6, 6.07) is 8.69. The monoisotopic (exact) mass is 437 g/mol. The number of nitrogens with zero attached hydrogens (tertiary/aromatic N) is 2. The molecule has 3 aromatic rings. The molecule has 0 spiro atoms. The number of halogens is 5. The van der Waals surface area contributed by atoms with Gasteiger partial charge in [0.2, 0.25) is 0 Å². The van der Waals surface area contributed by atoms with E-state index >= 15 is 0 Å². The number of hydrogen-bond donors (Lipinski definition) is 1. The van der Waals surface area contributed by atoms with Crippen LogP contribution in [-0.4, -0.2) is 21.4 Å². The summed E-state index contributed by atoms with van der Waals surface area (Å²) < 4.78 is 51.6. The van der Waals surface area contributed by atoms with Crippen LogP contribution in [0.2, 0.25) is 5.02 Å². The fourth-order valence-corrected chi connectivity index (χ4v) is 3.70. The summed E-state index contributed by atoms with van der Waals surface area (Å²) in [4.78, 5) is 21.7. The maximum atomic E-state index is 13.3. The van der Waals surface area contributed by atoms with Gasteiger partial charge in [-0.3, -0.25) is 9.69 Å². The number of alkyl halides is 3. The molecule has 156 valence electrons. The topological polar surface area (TPSA) is 49.0 Å². The number of aromatic nitrogens is 2. The van der Waals surface area contributed by atoms with Gasteiger partial charge in [-0.1, -0.05) is 29.8 Å². The third kappa shape index (κ3) is 4.24. The second-order valence-corrected chi connectivity index (χ2v) is 7.52. The molecule has 0 atom stereocenters. The first-order chi connectivity index (χ1) is 14.2. The normalized spacial score (nSPS) is 14.6. The van der Waals surface area contributed by atoms with Crippen LogP contribution in [0.1, 0.15) is 22.4 Å². The third-order valence-electron chi connectivity index (χ3n) is 5.05. The molecule has 2 heterocycles. The Morgan fingerprint density at radius 2 is 1.87 bits per heavy atom. The van der Waals surface area contributed by atoms with E-state index in [1.54, 1.807) is 6.07 Å². The summed E-state index contributed by atoms with van der Waals surface area (Å²) in [5.41, 5.74) is 1.21. The molecular formula is C21H16ClF4N3O. The molecule has 30 heavy (non-hydrogen) atoms. The maximum Gasteiger partial charge on any atom is 0.416 e. The SMILES string of the molecule is O=c1[nH]c(-c2ccc(C(F)(F)F)cc2)nc2c1CCN(Cc1ccc(F)cc1Cl)C2. The lowest BCUT2D eigenvalue weighted by molar-refractivity contribution is -0.137. The van der Waals surface area contributed by atoms with Crippen molar-refractivity contribution in [3.8, 4) is 11.4 Å². The molecule has 1 aliphatic heterocycles. The average Bonchev–Trinajstić information content (AvgIpc) is 2.69. The highest BCUT2D eigenvalue weighted by Gasteiger charge is 2.30. The zero-order valence-electron chi connectivity index (χ0n) is 15.6.